The molecule has 4 heteroatoms. The predicted octanol–water partition coefficient (Wildman–Crippen LogP) is 8.94. The molecule has 0 aliphatic heterocycles. The van der Waals surface area contributed by atoms with E-state index in [2.05, 4.69) is 19.9 Å². The monoisotopic (exact) mass is 550 g/mol. The maximum Gasteiger partial charge on any atom is 0.197 e. The summed E-state index contributed by atoms with van der Waals surface area (Å²) in [6.07, 6.45) is 13.3. The minimum absolute atomic E-state index is 0.0146. The van der Waals surface area contributed by atoms with E-state index in [9.17, 15) is 19.5 Å². The quantitative estimate of drug-likeness (QED) is 0.0885. The Morgan fingerprint density at radius 2 is 1.36 bits per heavy atom. The van der Waals surface area contributed by atoms with E-state index in [1.54, 1.807) is 24.3 Å². The summed E-state index contributed by atoms with van der Waals surface area (Å²) in [5.74, 6) is -0.456. The van der Waals surface area contributed by atoms with Crippen LogP contribution in [-0.2, 0) is 0 Å². The molecule has 0 heterocycles. The van der Waals surface area contributed by atoms with E-state index in [1.807, 2.05) is 78.9 Å². The van der Waals surface area contributed by atoms with Crippen molar-refractivity contribution in [2.45, 2.75) is 26.7 Å². The number of rotatable bonds is 5. The maximum absolute atomic E-state index is 13.2. The zero-order valence-electron chi connectivity index (χ0n) is 23.6. The van der Waals surface area contributed by atoms with Crippen LogP contribution in [0, 0.1) is 5.41 Å². The Balaban J connectivity index is 1.27. The second kappa shape index (κ2) is 10.7. The van der Waals surface area contributed by atoms with Gasteiger partial charge in [0.2, 0.25) is 0 Å². The van der Waals surface area contributed by atoms with E-state index < -0.39 is 0 Å². The third kappa shape index (κ3) is 5.19. The molecule has 0 atom stereocenters. The fourth-order valence-electron chi connectivity index (χ4n) is 6.00. The van der Waals surface area contributed by atoms with Crippen LogP contribution in [0.1, 0.15) is 63.3 Å². The van der Waals surface area contributed by atoms with Crippen LogP contribution in [0.5, 0.6) is 0 Å². The Morgan fingerprint density at radius 3 is 1.95 bits per heavy atom. The Bertz CT molecular complexity index is 1900. The molecule has 0 amide bonds. The first-order valence-electron chi connectivity index (χ1n) is 14.0. The van der Waals surface area contributed by atoms with Gasteiger partial charge in [0.05, 0.1) is 5.57 Å². The summed E-state index contributed by atoms with van der Waals surface area (Å²) in [6, 6.07) is 22.7. The first-order valence-corrected chi connectivity index (χ1v) is 14.0. The van der Waals surface area contributed by atoms with Crippen LogP contribution in [0.4, 0.5) is 0 Å². The molecule has 4 aromatic carbocycles. The summed E-state index contributed by atoms with van der Waals surface area (Å²) < 4.78 is 0. The molecule has 206 valence electrons. The van der Waals surface area contributed by atoms with Crippen molar-refractivity contribution in [2.24, 2.45) is 5.41 Å². The zero-order valence-corrected chi connectivity index (χ0v) is 23.6. The van der Waals surface area contributed by atoms with Crippen molar-refractivity contribution in [3.8, 4) is 0 Å². The summed E-state index contributed by atoms with van der Waals surface area (Å²) in [6.45, 7) is 4.36. The van der Waals surface area contributed by atoms with Crippen molar-refractivity contribution in [3.05, 3.63) is 148 Å². The predicted molar refractivity (Wildman–Crippen MR) is 169 cm³/mol. The van der Waals surface area contributed by atoms with Crippen LogP contribution in [-0.4, -0.2) is 23.0 Å². The van der Waals surface area contributed by atoms with E-state index in [4.69, 9.17) is 0 Å². The van der Waals surface area contributed by atoms with Crippen LogP contribution in [0.3, 0.4) is 0 Å². The van der Waals surface area contributed by atoms with Crippen molar-refractivity contribution in [3.63, 3.8) is 0 Å². The first kappa shape index (κ1) is 27.1. The molecule has 2 aliphatic carbocycles. The molecule has 0 saturated carbocycles. The number of aldehydes is 1. The molecule has 0 fully saturated rings. The molecule has 0 aromatic heterocycles. The number of aliphatic hydroxyl groups is 1. The van der Waals surface area contributed by atoms with Crippen LogP contribution in [0.15, 0.2) is 126 Å². The highest BCUT2D eigenvalue weighted by atomic mass is 16.3. The van der Waals surface area contributed by atoms with Gasteiger partial charge in [-0.25, -0.2) is 0 Å². The Hall–Kier alpha value is -5.09. The molecule has 2 aliphatic rings. The van der Waals surface area contributed by atoms with Gasteiger partial charge in [0.15, 0.2) is 17.9 Å². The molecule has 0 bridgehead atoms. The fraction of sp³-hybridized carbons (Fsp3) is 0.132. The van der Waals surface area contributed by atoms with Crippen molar-refractivity contribution in [2.75, 3.05) is 0 Å². The van der Waals surface area contributed by atoms with Crippen LogP contribution in [0.2, 0.25) is 0 Å². The van der Waals surface area contributed by atoms with Crippen LogP contribution >= 0.6 is 0 Å². The number of hydrogen-bond acceptors (Lipinski definition) is 4. The van der Waals surface area contributed by atoms with Gasteiger partial charge in [-0.2, -0.15) is 0 Å². The lowest BCUT2D eigenvalue weighted by molar-refractivity contribution is 0.0988. The first-order chi connectivity index (χ1) is 20.2. The molecule has 0 radical (unpaired) electrons. The minimum Gasteiger partial charge on any atom is -0.507 e. The van der Waals surface area contributed by atoms with Gasteiger partial charge < -0.3 is 5.11 Å². The van der Waals surface area contributed by atoms with E-state index in [0.29, 0.717) is 22.3 Å². The highest BCUT2D eigenvalue weighted by Gasteiger charge is 2.33. The number of aliphatic hydroxyl groups excluding tert-OH is 1. The summed E-state index contributed by atoms with van der Waals surface area (Å²) in [5, 5.41) is 14.6. The minimum atomic E-state index is -0.235. The molecule has 4 nitrogen and oxygen atoms in total. The molecule has 42 heavy (non-hydrogen) atoms. The van der Waals surface area contributed by atoms with Gasteiger partial charge in [-0.15, -0.1) is 0 Å². The number of fused-ring (bicyclic) bond motifs is 3. The van der Waals surface area contributed by atoms with E-state index in [0.717, 1.165) is 51.8 Å². The van der Waals surface area contributed by atoms with Gasteiger partial charge in [0.1, 0.15) is 5.76 Å². The Labute approximate surface area is 244 Å². The number of ketones is 2. The van der Waals surface area contributed by atoms with Gasteiger partial charge in [-0.3, -0.25) is 14.4 Å². The number of Topliss-reactive ketones (excluding diaryl/α,β-unsaturated/α-hetero) is 2. The number of benzene rings is 4. The second-order valence-electron chi connectivity index (χ2n) is 11.8. The highest BCUT2D eigenvalue weighted by Crippen LogP contribution is 2.39. The summed E-state index contributed by atoms with van der Waals surface area (Å²) in [5.41, 5.74) is 4.08. The Kier molecular flexibility index (Phi) is 6.91. The van der Waals surface area contributed by atoms with Gasteiger partial charge in [-0.05, 0) is 87.4 Å². The van der Waals surface area contributed by atoms with Gasteiger partial charge >= 0.3 is 0 Å². The normalized spacial score (nSPS) is 17.8. The Morgan fingerprint density at radius 1 is 0.786 bits per heavy atom. The largest absolute Gasteiger partial charge is 0.507 e. The molecule has 4 aromatic rings. The smallest absolute Gasteiger partial charge is 0.197 e. The number of hydrogen-bond donors (Lipinski definition) is 1. The van der Waals surface area contributed by atoms with E-state index >= 15 is 0 Å². The highest BCUT2D eigenvalue weighted by molar-refractivity contribution is 6.40. The van der Waals surface area contributed by atoms with Gasteiger partial charge in [0, 0.05) is 22.3 Å². The molecule has 0 saturated heterocycles. The number of carbonyl (C=O) groups is 3. The van der Waals surface area contributed by atoms with Crippen LogP contribution in [0.25, 0.3) is 27.3 Å². The number of carbonyl (C=O) groups excluding carboxylic acids is 3. The molecule has 0 unspecified atom stereocenters. The second-order valence-corrected chi connectivity index (χ2v) is 11.8. The van der Waals surface area contributed by atoms with E-state index in [1.165, 1.54) is 0 Å². The van der Waals surface area contributed by atoms with Crippen molar-refractivity contribution in [1.82, 2.24) is 0 Å². The fourth-order valence-corrected chi connectivity index (χ4v) is 6.00. The van der Waals surface area contributed by atoms with Gasteiger partial charge in [0.25, 0.3) is 0 Å². The summed E-state index contributed by atoms with van der Waals surface area (Å²) in [4.78, 5) is 38.0. The van der Waals surface area contributed by atoms with E-state index in [-0.39, 0.29) is 28.3 Å². The topological polar surface area (TPSA) is 71.4 Å². The standard InChI is InChI=1S/C38H30O4/c1-38(2)21-24(8-7-13-35(40)32-18-27-10-4-3-9-26(27)17-30(32)23-39)16-25(22-38)14-15-31-36(41)33-19-28-11-5-6-12-29(28)20-34(33)37(31)42/h3-20,23,40H,21-22H2,1-2H3/b8-7+,25-14-,35-13-. The molecule has 0 spiro atoms. The van der Waals surface area contributed by atoms with Crippen LogP contribution < -0.4 is 0 Å². The SMILES string of the molecule is CC1(C)CC(/C=C/C=C(\O)c2cc3ccccc3cc2C=O)=CC(=C/C=C2C(=O)c3cc4ccccc4cc3C2=O)/C1. The maximum atomic E-state index is 13.2. The van der Waals surface area contributed by atoms with Gasteiger partial charge in [-0.1, -0.05) is 86.7 Å². The average molecular weight is 551 g/mol. The van der Waals surface area contributed by atoms with Crippen molar-refractivity contribution < 1.29 is 19.5 Å². The lowest BCUT2D eigenvalue weighted by Gasteiger charge is -2.30. The average Bonchev–Trinajstić information content (AvgIpc) is 3.21. The molecular weight excluding hydrogens is 520 g/mol. The van der Waals surface area contributed by atoms with Crippen molar-refractivity contribution in [1.29, 1.82) is 0 Å². The third-order valence-corrected chi connectivity index (χ3v) is 7.95. The lowest BCUT2D eigenvalue weighted by atomic mass is 9.75. The van der Waals surface area contributed by atoms with Crippen molar-refractivity contribution >= 4 is 45.2 Å². The molecule has 6 rings (SSSR count). The molecular formula is C38H30O4. The summed E-state index contributed by atoms with van der Waals surface area (Å²) in [7, 11) is 0. The molecule has 1 N–H and O–H groups in total. The summed E-state index contributed by atoms with van der Waals surface area (Å²) >= 11 is 0. The number of allylic oxidation sites excluding steroid dienone is 9. The zero-order chi connectivity index (χ0) is 29.4. The lowest BCUT2D eigenvalue weighted by Crippen LogP contribution is -2.16. The third-order valence-electron chi connectivity index (χ3n) is 7.95.